The van der Waals surface area contributed by atoms with Crippen LogP contribution in [-0.4, -0.2) is 34.3 Å². The third kappa shape index (κ3) is 2.58. The van der Waals surface area contributed by atoms with Gasteiger partial charge in [-0.1, -0.05) is 17.8 Å². The normalized spacial score (nSPS) is 17.8. The first-order valence-electron chi connectivity index (χ1n) is 5.25. The van der Waals surface area contributed by atoms with E-state index in [0.29, 0.717) is 5.69 Å². The van der Waals surface area contributed by atoms with E-state index in [2.05, 4.69) is 9.89 Å². The van der Waals surface area contributed by atoms with Crippen LogP contribution in [0, 0.1) is 17.0 Å². The summed E-state index contributed by atoms with van der Waals surface area (Å²) in [5, 5.41) is 11.6. The second kappa shape index (κ2) is 4.75. The molecule has 6 heteroatoms. The van der Waals surface area contributed by atoms with Crippen molar-refractivity contribution in [2.24, 2.45) is 4.99 Å². The van der Waals surface area contributed by atoms with Gasteiger partial charge in [0.15, 0.2) is 5.17 Å². The van der Waals surface area contributed by atoms with Gasteiger partial charge in [0.1, 0.15) is 0 Å². The van der Waals surface area contributed by atoms with Gasteiger partial charge in [0.05, 0.1) is 10.6 Å². The number of hydrogen-bond donors (Lipinski definition) is 0. The minimum absolute atomic E-state index is 0.0839. The van der Waals surface area contributed by atoms with Crippen LogP contribution in [0.15, 0.2) is 23.2 Å². The number of nitro benzene ring substituents is 1. The summed E-state index contributed by atoms with van der Waals surface area (Å²) in [6, 6.07) is 4.76. The van der Waals surface area contributed by atoms with E-state index in [1.807, 2.05) is 14.0 Å². The van der Waals surface area contributed by atoms with Crippen molar-refractivity contribution in [1.29, 1.82) is 0 Å². The molecular weight excluding hydrogens is 238 g/mol. The summed E-state index contributed by atoms with van der Waals surface area (Å²) in [4.78, 5) is 16.9. The lowest BCUT2D eigenvalue weighted by atomic mass is 10.2. The Bertz CT molecular complexity index is 488. The molecule has 1 aliphatic heterocycles. The highest BCUT2D eigenvalue weighted by Crippen LogP contribution is 2.27. The number of non-ortho nitro benzene ring substituents is 1. The fourth-order valence-electron chi connectivity index (χ4n) is 1.53. The molecule has 0 unspecified atom stereocenters. The van der Waals surface area contributed by atoms with Gasteiger partial charge in [-0.05, 0) is 12.5 Å². The van der Waals surface area contributed by atoms with E-state index in [1.165, 1.54) is 12.1 Å². The molecule has 0 amide bonds. The first-order chi connectivity index (χ1) is 8.08. The molecule has 0 spiro atoms. The van der Waals surface area contributed by atoms with Crippen LogP contribution in [0.1, 0.15) is 5.56 Å². The number of rotatable bonds is 2. The van der Waals surface area contributed by atoms with E-state index in [1.54, 1.807) is 17.8 Å². The zero-order valence-corrected chi connectivity index (χ0v) is 10.5. The Kier molecular flexibility index (Phi) is 3.33. The Morgan fingerprint density at radius 1 is 1.53 bits per heavy atom. The Labute approximate surface area is 104 Å². The largest absolute Gasteiger partial charge is 0.353 e. The van der Waals surface area contributed by atoms with E-state index in [0.717, 1.165) is 23.0 Å². The monoisotopic (exact) mass is 251 g/mol. The van der Waals surface area contributed by atoms with Crippen molar-refractivity contribution in [3.63, 3.8) is 0 Å². The maximum atomic E-state index is 10.7. The van der Waals surface area contributed by atoms with Crippen LogP contribution in [0.4, 0.5) is 11.4 Å². The molecule has 1 heterocycles. The number of thioether (sulfide) groups is 1. The quantitative estimate of drug-likeness (QED) is 0.598. The maximum Gasteiger partial charge on any atom is 0.271 e. The Morgan fingerprint density at radius 2 is 2.29 bits per heavy atom. The average molecular weight is 251 g/mol. The van der Waals surface area contributed by atoms with Crippen LogP contribution >= 0.6 is 11.8 Å². The maximum absolute atomic E-state index is 10.7. The molecule has 1 fully saturated rings. The highest BCUT2D eigenvalue weighted by molar-refractivity contribution is 8.14. The molecule has 0 radical (unpaired) electrons. The average Bonchev–Trinajstić information content (AvgIpc) is 2.67. The predicted octanol–water partition coefficient (Wildman–Crippen LogP) is 2.57. The Hall–Kier alpha value is -1.56. The molecule has 0 saturated carbocycles. The van der Waals surface area contributed by atoms with Gasteiger partial charge in [0, 0.05) is 31.5 Å². The SMILES string of the molecule is Cc1ccc([N+](=O)[O-])cc1N=C1SCCN1C. The summed E-state index contributed by atoms with van der Waals surface area (Å²) in [6.07, 6.45) is 0. The van der Waals surface area contributed by atoms with Crippen LogP contribution in [0.2, 0.25) is 0 Å². The highest BCUT2D eigenvalue weighted by atomic mass is 32.2. The third-order valence-corrected chi connectivity index (χ3v) is 3.65. The summed E-state index contributed by atoms with van der Waals surface area (Å²) in [7, 11) is 1.98. The molecule has 1 aromatic carbocycles. The van der Waals surface area contributed by atoms with Crippen LogP contribution in [-0.2, 0) is 0 Å². The van der Waals surface area contributed by atoms with Gasteiger partial charge in [0.25, 0.3) is 5.69 Å². The van der Waals surface area contributed by atoms with E-state index >= 15 is 0 Å². The molecule has 0 aromatic heterocycles. The van der Waals surface area contributed by atoms with Crippen LogP contribution in [0.3, 0.4) is 0 Å². The smallest absolute Gasteiger partial charge is 0.271 e. The zero-order chi connectivity index (χ0) is 12.4. The highest BCUT2D eigenvalue weighted by Gasteiger charge is 2.16. The van der Waals surface area contributed by atoms with Gasteiger partial charge in [0.2, 0.25) is 0 Å². The first-order valence-corrected chi connectivity index (χ1v) is 6.24. The molecule has 1 saturated heterocycles. The minimum Gasteiger partial charge on any atom is -0.353 e. The standard InChI is InChI=1S/C11H13N3O2S/c1-8-3-4-9(14(15)16)7-10(8)12-11-13(2)5-6-17-11/h3-4,7H,5-6H2,1-2H3. The van der Waals surface area contributed by atoms with Crippen molar-refractivity contribution >= 4 is 28.3 Å². The van der Waals surface area contributed by atoms with Crippen molar-refractivity contribution in [1.82, 2.24) is 4.90 Å². The van der Waals surface area contributed by atoms with Gasteiger partial charge in [-0.2, -0.15) is 0 Å². The number of nitro groups is 1. The van der Waals surface area contributed by atoms with E-state index in [9.17, 15) is 10.1 Å². The number of aliphatic imine (C=N–C) groups is 1. The van der Waals surface area contributed by atoms with Crippen molar-refractivity contribution in [2.45, 2.75) is 6.92 Å². The van der Waals surface area contributed by atoms with Gasteiger partial charge in [-0.25, -0.2) is 4.99 Å². The van der Waals surface area contributed by atoms with Crippen molar-refractivity contribution in [3.8, 4) is 0 Å². The topological polar surface area (TPSA) is 58.7 Å². The molecule has 2 rings (SSSR count). The van der Waals surface area contributed by atoms with Gasteiger partial charge in [-0.15, -0.1) is 0 Å². The fraction of sp³-hybridized carbons (Fsp3) is 0.364. The second-order valence-electron chi connectivity index (χ2n) is 3.89. The number of aryl methyl sites for hydroxylation is 1. The second-order valence-corrected chi connectivity index (χ2v) is 4.95. The fourth-order valence-corrected chi connectivity index (χ4v) is 2.55. The lowest BCUT2D eigenvalue weighted by molar-refractivity contribution is -0.384. The van der Waals surface area contributed by atoms with Gasteiger partial charge >= 0.3 is 0 Å². The van der Waals surface area contributed by atoms with E-state index in [-0.39, 0.29) is 5.69 Å². The molecule has 0 aliphatic carbocycles. The molecule has 0 atom stereocenters. The molecule has 5 nitrogen and oxygen atoms in total. The number of hydrogen-bond acceptors (Lipinski definition) is 4. The van der Waals surface area contributed by atoms with Gasteiger partial charge in [-0.3, -0.25) is 10.1 Å². The Morgan fingerprint density at radius 3 is 2.88 bits per heavy atom. The van der Waals surface area contributed by atoms with Crippen molar-refractivity contribution < 1.29 is 4.92 Å². The Balaban J connectivity index is 2.37. The molecule has 0 bridgehead atoms. The summed E-state index contributed by atoms with van der Waals surface area (Å²) in [5.74, 6) is 1.02. The summed E-state index contributed by atoms with van der Waals surface area (Å²) < 4.78 is 0. The number of benzene rings is 1. The molecule has 0 N–H and O–H groups in total. The molecule has 90 valence electrons. The lowest BCUT2D eigenvalue weighted by Gasteiger charge is -2.10. The number of nitrogens with zero attached hydrogens (tertiary/aromatic N) is 3. The van der Waals surface area contributed by atoms with Crippen LogP contribution in [0.25, 0.3) is 0 Å². The molecule has 1 aromatic rings. The van der Waals surface area contributed by atoms with Crippen LogP contribution in [0.5, 0.6) is 0 Å². The molecule has 17 heavy (non-hydrogen) atoms. The molecule has 1 aliphatic rings. The van der Waals surface area contributed by atoms with E-state index in [4.69, 9.17) is 0 Å². The zero-order valence-electron chi connectivity index (χ0n) is 9.71. The lowest BCUT2D eigenvalue weighted by Crippen LogP contribution is -2.17. The predicted molar refractivity (Wildman–Crippen MR) is 70.0 cm³/mol. The van der Waals surface area contributed by atoms with Crippen molar-refractivity contribution in [3.05, 3.63) is 33.9 Å². The van der Waals surface area contributed by atoms with Crippen LogP contribution < -0.4 is 0 Å². The van der Waals surface area contributed by atoms with Crippen molar-refractivity contribution in [2.75, 3.05) is 19.3 Å². The first kappa shape index (κ1) is 11.9. The van der Waals surface area contributed by atoms with Gasteiger partial charge < -0.3 is 4.90 Å². The summed E-state index contributed by atoms with van der Waals surface area (Å²) in [6.45, 7) is 2.88. The summed E-state index contributed by atoms with van der Waals surface area (Å²) in [5.41, 5.74) is 1.71. The third-order valence-electron chi connectivity index (χ3n) is 2.60. The summed E-state index contributed by atoms with van der Waals surface area (Å²) >= 11 is 1.67. The minimum atomic E-state index is -0.394. The van der Waals surface area contributed by atoms with E-state index < -0.39 is 4.92 Å². The number of amidine groups is 1. The molecular formula is C11H13N3O2S.